The molecule has 0 fully saturated rings. The topological polar surface area (TPSA) is 144 Å². The average molecular weight is 570 g/mol. The van der Waals surface area contributed by atoms with Crippen LogP contribution in [0.2, 0.25) is 0 Å². The fourth-order valence-electron chi connectivity index (χ4n) is 4.17. The van der Waals surface area contributed by atoms with Crippen LogP contribution >= 0.6 is 0 Å². The number of carbonyl (C=O) groups is 2. The van der Waals surface area contributed by atoms with Crippen LogP contribution in [0.15, 0.2) is 56.9 Å². The van der Waals surface area contributed by atoms with Gasteiger partial charge in [-0.2, -0.15) is 4.98 Å². The molecular formula is C29H39N5O5S. The number of aromatic nitrogens is 2. The molecule has 1 amide bonds. The lowest BCUT2D eigenvalue weighted by molar-refractivity contribution is -0.122. The van der Waals surface area contributed by atoms with E-state index >= 15 is 0 Å². The zero-order valence-electron chi connectivity index (χ0n) is 23.8. The first-order valence-electron chi connectivity index (χ1n) is 13.9. The number of oxazole rings is 1. The summed E-state index contributed by atoms with van der Waals surface area (Å²) >= 11 is 0. The van der Waals surface area contributed by atoms with Crippen molar-refractivity contribution in [3.8, 4) is 0 Å². The van der Waals surface area contributed by atoms with E-state index in [1.165, 1.54) is 31.7 Å². The Morgan fingerprint density at radius 2 is 1.80 bits per heavy atom. The molecule has 2 atom stereocenters. The molecular weight excluding hydrogens is 530 g/mol. The highest BCUT2D eigenvalue weighted by Gasteiger charge is 2.32. The summed E-state index contributed by atoms with van der Waals surface area (Å²) < 4.78 is 32.4. The van der Waals surface area contributed by atoms with Gasteiger partial charge in [-0.15, -0.1) is 0 Å². The van der Waals surface area contributed by atoms with Crippen molar-refractivity contribution in [3.05, 3.63) is 54.0 Å². The van der Waals surface area contributed by atoms with E-state index in [0.29, 0.717) is 29.6 Å². The van der Waals surface area contributed by atoms with E-state index < -0.39 is 33.8 Å². The number of aliphatic imine (C=N–C) groups is 1. The molecule has 0 saturated carbocycles. The average Bonchev–Trinajstić information content (AvgIpc) is 3.48. The first-order chi connectivity index (χ1) is 19.1. The number of amides is 1. The number of sulfonamides is 1. The normalized spacial score (nSPS) is 16.1. The van der Waals surface area contributed by atoms with Crippen molar-refractivity contribution in [2.24, 2.45) is 10.9 Å². The van der Waals surface area contributed by atoms with Crippen LogP contribution < -0.4 is 10.0 Å². The van der Waals surface area contributed by atoms with Gasteiger partial charge >= 0.3 is 0 Å². The lowest BCUT2D eigenvalue weighted by atomic mass is 10.1. The van der Waals surface area contributed by atoms with Gasteiger partial charge in [0.25, 0.3) is 15.9 Å². The molecule has 2 N–H and O–H groups in total. The Kier molecular flexibility index (Phi) is 10.9. The lowest BCUT2D eigenvalue weighted by Gasteiger charge is -2.17. The number of amidine groups is 1. The molecule has 0 bridgehead atoms. The van der Waals surface area contributed by atoms with E-state index in [9.17, 15) is 18.0 Å². The predicted octanol–water partition coefficient (Wildman–Crippen LogP) is 5.04. The number of rotatable bonds is 11. The van der Waals surface area contributed by atoms with Gasteiger partial charge in [0.1, 0.15) is 11.9 Å². The second kappa shape index (κ2) is 14.2. The fourth-order valence-corrected chi connectivity index (χ4v) is 5.41. The molecule has 0 spiro atoms. The third-order valence-corrected chi connectivity index (χ3v) is 7.84. The highest BCUT2D eigenvalue weighted by molar-refractivity contribution is 7.90. The Bertz CT molecular complexity index is 1410. The third kappa shape index (κ3) is 7.74. The zero-order chi connectivity index (χ0) is 29.3. The van der Waals surface area contributed by atoms with Gasteiger partial charge < -0.3 is 9.73 Å². The molecule has 10 nitrogen and oxygen atoms in total. The quantitative estimate of drug-likeness (QED) is 0.243. The summed E-state index contributed by atoms with van der Waals surface area (Å²) in [4.78, 5) is 38.3. The fraction of sp³-hybridized carbons (Fsp3) is 0.483. The predicted molar refractivity (Wildman–Crippen MR) is 155 cm³/mol. The highest BCUT2D eigenvalue weighted by atomic mass is 32.2. The Morgan fingerprint density at radius 1 is 1.05 bits per heavy atom. The SMILES string of the molecule is CCCCCC(C)C.CC[C@H](N=C1NS(=O)(=O)c2ccccc21)C(=O)N[C@@H](CC)C(=O)c1nc2ncccc2o1. The lowest BCUT2D eigenvalue weighted by Crippen LogP contribution is -2.45. The van der Waals surface area contributed by atoms with E-state index in [0.717, 1.165) is 5.92 Å². The highest BCUT2D eigenvalue weighted by Crippen LogP contribution is 2.23. The van der Waals surface area contributed by atoms with E-state index in [4.69, 9.17) is 4.42 Å². The summed E-state index contributed by atoms with van der Waals surface area (Å²) in [7, 11) is -3.72. The van der Waals surface area contributed by atoms with Crippen LogP contribution in [0.3, 0.4) is 0 Å². The van der Waals surface area contributed by atoms with Gasteiger partial charge in [-0.05, 0) is 43.0 Å². The van der Waals surface area contributed by atoms with Gasteiger partial charge in [0.05, 0.1) is 10.9 Å². The maximum Gasteiger partial charge on any atom is 0.268 e. The van der Waals surface area contributed by atoms with E-state index in [2.05, 4.69) is 45.8 Å². The standard InChI is InChI=1S/C21H21N5O5S.C8H18/c1-3-13(17(27)21-25-19-15(31-21)9-7-11-22-19)24-20(28)14(4-2)23-18-12-8-5-6-10-16(12)32(29,30)26-18;1-4-5-6-7-8(2)3/h5-11,13-14H,3-4H2,1-2H3,(H,23,26)(H,24,28);8H,4-7H2,1-3H3/t13-,14-;/m0./s1. The van der Waals surface area contributed by atoms with Crippen molar-refractivity contribution >= 4 is 38.8 Å². The number of hydrogen-bond acceptors (Lipinski definition) is 8. The molecule has 0 unspecified atom stereocenters. The molecule has 1 aromatic carbocycles. The smallest absolute Gasteiger partial charge is 0.268 e. The minimum Gasteiger partial charge on any atom is -0.432 e. The molecule has 1 aliphatic rings. The van der Waals surface area contributed by atoms with Gasteiger partial charge in [0.15, 0.2) is 11.2 Å². The van der Waals surface area contributed by atoms with Crippen LogP contribution in [0, 0.1) is 5.92 Å². The van der Waals surface area contributed by atoms with Crippen molar-refractivity contribution < 1.29 is 22.4 Å². The molecule has 40 heavy (non-hydrogen) atoms. The van der Waals surface area contributed by atoms with E-state index in [1.807, 2.05) is 0 Å². The number of benzene rings is 1. The molecule has 0 aliphatic carbocycles. The van der Waals surface area contributed by atoms with Crippen molar-refractivity contribution in [1.29, 1.82) is 0 Å². The number of fused-ring (bicyclic) bond motifs is 2. The second-order valence-electron chi connectivity index (χ2n) is 10.1. The van der Waals surface area contributed by atoms with Crippen molar-refractivity contribution in [2.75, 3.05) is 0 Å². The van der Waals surface area contributed by atoms with E-state index in [-0.39, 0.29) is 16.6 Å². The number of ketones is 1. The van der Waals surface area contributed by atoms with Crippen molar-refractivity contribution in [3.63, 3.8) is 0 Å². The maximum atomic E-state index is 12.9. The molecule has 3 heterocycles. The molecule has 216 valence electrons. The number of hydrogen-bond donors (Lipinski definition) is 2. The number of carbonyl (C=O) groups excluding carboxylic acids is 2. The molecule has 0 radical (unpaired) electrons. The minimum atomic E-state index is -3.72. The Hall–Kier alpha value is -3.60. The van der Waals surface area contributed by atoms with Crippen molar-refractivity contribution in [1.82, 2.24) is 20.0 Å². The third-order valence-electron chi connectivity index (χ3n) is 6.44. The second-order valence-corrected chi connectivity index (χ2v) is 11.7. The summed E-state index contributed by atoms with van der Waals surface area (Å²) in [5.41, 5.74) is 1.09. The van der Waals surface area contributed by atoms with Crippen molar-refractivity contribution in [2.45, 2.75) is 90.1 Å². The van der Waals surface area contributed by atoms with Crippen LogP contribution in [0.5, 0.6) is 0 Å². The van der Waals surface area contributed by atoms with Gasteiger partial charge in [-0.25, -0.2) is 13.4 Å². The first kappa shape index (κ1) is 30.9. The summed E-state index contributed by atoms with van der Waals surface area (Å²) in [6.45, 7) is 10.3. The molecule has 2 aromatic heterocycles. The van der Waals surface area contributed by atoms with Crippen LogP contribution in [-0.2, 0) is 14.8 Å². The number of pyridine rings is 1. The van der Waals surface area contributed by atoms with Gasteiger partial charge in [-0.1, -0.05) is 72.4 Å². The number of nitrogens with zero attached hydrogens (tertiary/aromatic N) is 3. The minimum absolute atomic E-state index is 0.104. The van der Waals surface area contributed by atoms with Crippen LogP contribution in [0.4, 0.5) is 0 Å². The number of Topliss-reactive ketones (excluding diaryl/α,β-unsaturated/α-hetero) is 1. The number of unbranched alkanes of at least 4 members (excludes halogenated alkanes) is 2. The summed E-state index contributed by atoms with van der Waals surface area (Å²) in [6.07, 6.45) is 7.75. The first-order valence-corrected chi connectivity index (χ1v) is 15.4. The zero-order valence-corrected chi connectivity index (χ0v) is 24.6. The van der Waals surface area contributed by atoms with Crippen LogP contribution in [0.25, 0.3) is 11.2 Å². The largest absolute Gasteiger partial charge is 0.432 e. The number of nitrogens with one attached hydrogen (secondary N) is 2. The molecule has 1 aliphatic heterocycles. The Labute approximate surface area is 236 Å². The molecule has 4 rings (SSSR count). The van der Waals surface area contributed by atoms with Crippen LogP contribution in [-0.4, -0.2) is 48.0 Å². The van der Waals surface area contributed by atoms with Gasteiger partial charge in [-0.3, -0.25) is 19.3 Å². The summed E-state index contributed by atoms with van der Waals surface area (Å²) in [5.74, 6) is -0.109. The summed E-state index contributed by atoms with van der Waals surface area (Å²) in [5, 5.41) is 2.69. The Morgan fingerprint density at radius 3 is 2.45 bits per heavy atom. The Balaban J connectivity index is 0.000000482. The monoisotopic (exact) mass is 569 g/mol. The van der Waals surface area contributed by atoms with Crippen LogP contribution in [0.1, 0.15) is 89.4 Å². The molecule has 0 saturated heterocycles. The van der Waals surface area contributed by atoms with Gasteiger partial charge in [0.2, 0.25) is 11.7 Å². The molecule has 3 aromatic rings. The van der Waals surface area contributed by atoms with Gasteiger partial charge in [0, 0.05) is 11.8 Å². The molecule has 11 heteroatoms. The maximum absolute atomic E-state index is 12.9. The summed E-state index contributed by atoms with van der Waals surface area (Å²) in [6, 6.07) is 7.95. The van der Waals surface area contributed by atoms with E-state index in [1.54, 1.807) is 50.4 Å².